The van der Waals surface area contributed by atoms with Crippen LogP contribution in [0.3, 0.4) is 0 Å². The first kappa shape index (κ1) is 15.9. The third-order valence-electron chi connectivity index (χ3n) is 3.37. The molecule has 22 heavy (non-hydrogen) atoms. The van der Waals surface area contributed by atoms with Crippen LogP contribution in [0.4, 0.5) is 16.2 Å². The predicted molar refractivity (Wildman–Crippen MR) is 90.8 cm³/mol. The van der Waals surface area contributed by atoms with E-state index in [4.69, 9.17) is 4.74 Å². The largest absolute Gasteiger partial charge is 0.495 e. The zero-order chi connectivity index (χ0) is 16.1. The van der Waals surface area contributed by atoms with Crippen molar-refractivity contribution >= 4 is 17.4 Å². The van der Waals surface area contributed by atoms with Crippen molar-refractivity contribution in [2.24, 2.45) is 0 Å². The maximum atomic E-state index is 12.7. The number of rotatable bonds is 4. The number of carbonyl (C=O) groups is 1. The van der Waals surface area contributed by atoms with E-state index in [1.807, 2.05) is 69.3 Å². The van der Waals surface area contributed by atoms with Crippen molar-refractivity contribution in [3.63, 3.8) is 0 Å². The fourth-order valence-electron chi connectivity index (χ4n) is 2.32. The van der Waals surface area contributed by atoms with Gasteiger partial charge in [0, 0.05) is 11.7 Å². The van der Waals surface area contributed by atoms with Gasteiger partial charge in [0.25, 0.3) is 0 Å². The Balaban J connectivity index is 2.26. The fraction of sp³-hybridized carbons (Fsp3) is 0.278. The van der Waals surface area contributed by atoms with Gasteiger partial charge in [-0.15, -0.1) is 0 Å². The summed E-state index contributed by atoms with van der Waals surface area (Å²) in [4.78, 5) is 14.4. The molecule has 1 N–H and O–H groups in total. The number of methoxy groups -OCH3 is 1. The minimum absolute atomic E-state index is 0.0406. The molecular formula is C18H22N2O2. The van der Waals surface area contributed by atoms with Crippen molar-refractivity contribution in [3.8, 4) is 5.75 Å². The second-order valence-electron chi connectivity index (χ2n) is 5.43. The van der Waals surface area contributed by atoms with E-state index in [2.05, 4.69) is 5.32 Å². The van der Waals surface area contributed by atoms with Gasteiger partial charge in [0.15, 0.2) is 0 Å². The summed E-state index contributed by atoms with van der Waals surface area (Å²) in [5.74, 6) is 0.658. The van der Waals surface area contributed by atoms with Gasteiger partial charge in [-0.3, -0.25) is 4.90 Å². The lowest BCUT2D eigenvalue weighted by Gasteiger charge is -2.27. The van der Waals surface area contributed by atoms with Crippen LogP contribution in [0, 0.1) is 6.92 Å². The SMILES string of the molecule is COc1cc(C)ccc1NC(=O)N(c1ccccc1)C(C)C. The van der Waals surface area contributed by atoms with E-state index in [9.17, 15) is 4.79 Å². The van der Waals surface area contributed by atoms with Crippen molar-refractivity contribution in [1.82, 2.24) is 0 Å². The smallest absolute Gasteiger partial charge is 0.326 e. The summed E-state index contributed by atoms with van der Waals surface area (Å²) < 4.78 is 5.34. The van der Waals surface area contributed by atoms with Crippen LogP contribution in [-0.4, -0.2) is 19.2 Å². The number of carbonyl (C=O) groups excluding carboxylic acids is 1. The van der Waals surface area contributed by atoms with Crippen molar-refractivity contribution in [2.45, 2.75) is 26.8 Å². The summed E-state index contributed by atoms with van der Waals surface area (Å²) >= 11 is 0. The van der Waals surface area contributed by atoms with E-state index in [0.717, 1.165) is 11.3 Å². The van der Waals surface area contributed by atoms with Gasteiger partial charge in [-0.2, -0.15) is 0 Å². The topological polar surface area (TPSA) is 41.6 Å². The minimum Gasteiger partial charge on any atom is -0.495 e. The highest BCUT2D eigenvalue weighted by molar-refractivity contribution is 6.02. The summed E-state index contributed by atoms with van der Waals surface area (Å²) in [6.07, 6.45) is 0. The van der Waals surface area contributed by atoms with Crippen molar-refractivity contribution < 1.29 is 9.53 Å². The van der Waals surface area contributed by atoms with Crippen molar-refractivity contribution in [1.29, 1.82) is 0 Å². The highest BCUT2D eigenvalue weighted by atomic mass is 16.5. The predicted octanol–water partition coefficient (Wildman–Crippen LogP) is 4.45. The van der Waals surface area contributed by atoms with Gasteiger partial charge in [-0.05, 0) is 50.6 Å². The first-order valence-corrected chi connectivity index (χ1v) is 7.33. The minimum atomic E-state index is -0.177. The Hall–Kier alpha value is -2.49. The van der Waals surface area contributed by atoms with Gasteiger partial charge in [0.05, 0.1) is 12.8 Å². The van der Waals surface area contributed by atoms with Gasteiger partial charge in [0.1, 0.15) is 5.75 Å². The van der Waals surface area contributed by atoms with E-state index >= 15 is 0 Å². The first-order chi connectivity index (χ1) is 10.5. The molecular weight excluding hydrogens is 276 g/mol. The van der Waals surface area contributed by atoms with Gasteiger partial charge < -0.3 is 10.1 Å². The molecule has 0 aliphatic rings. The zero-order valence-electron chi connectivity index (χ0n) is 13.5. The highest BCUT2D eigenvalue weighted by Crippen LogP contribution is 2.26. The van der Waals surface area contributed by atoms with Crippen molar-refractivity contribution in [3.05, 3.63) is 54.1 Å². The molecule has 0 saturated heterocycles. The molecule has 0 heterocycles. The number of nitrogens with one attached hydrogen (secondary N) is 1. The van der Waals surface area contributed by atoms with Crippen molar-refractivity contribution in [2.75, 3.05) is 17.3 Å². The molecule has 2 rings (SSSR count). The van der Waals surface area contributed by atoms with Gasteiger partial charge in [-0.25, -0.2) is 4.79 Å². The average Bonchev–Trinajstić information content (AvgIpc) is 2.50. The number of aryl methyl sites for hydroxylation is 1. The van der Waals surface area contributed by atoms with E-state index < -0.39 is 0 Å². The molecule has 0 radical (unpaired) electrons. The molecule has 0 aromatic heterocycles. The lowest BCUT2D eigenvalue weighted by Crippen LogP contribution is -2.40. The number of nitrogens with zero attached hydrogens (tertiary/aromatic N) is 1. The van der Waals surface area contributed by atoms with Crippen LogP contribution < -0.4 is 15.0 Å². The Labute approximate surface area is 131 Å². The monoisotopic (exact) mass is 298 g/mol. The number of anilines is 2. The van der Waals surface area contributed by atoms with E-state index in [1.165, 1.54) is 0 Å². The highest BCUT2D eigenvalue weighted by Gasteiger charge is 2.20. The molecule has 0 unspecified atom stereocenters. The second kappa shape index (κ2) is 6.98. The molecule has 0 fully saturated rings. The quantitative estimate of drug-likeness (QED) is 0.906. The third kappa shape index (κ3) is 3.58. The van der Waals surface area contributed by atoms with E-state index in [0.29, 0.717) is 11.4 Å². The molecule has 4 heteroatoms. The molecule has 0 saturated carbocycles. The van der Waals surface area contributed by atoms with Gasteiger partial charge >= 0.3 is 6.03 Å². The maximum Gasteiger partial charge on any atom is 0.326 e. The molecule has 0 bridgehead atoms. The van der Waals surface area contributed by atoms with E-state index in [1.54, 1.807) is 12.0 Å². The summed E-state index contributed by atoms with van der Waals surface area (Å²) in [6.45, 7) is 5.95. The summed E-state index contributed by atoms with van der Waals surface area (Å²) in [7, 11) is 1.60. The molecule has 0 aliphatic heterocycles. The number of para-hydroxylation sites is 1. The van der Waals surface area contributed by atoms with Gasteiger partial charge in [0.2, 0.25) is 0 Å². The van der Waals surface area contributed by atoms with Crippen LogP contribution in [0.1, 0.15) is 19.4 Å². The Morgan fingerprint density at radius 2 is 1.82 bits per heavy atom. The van der Waals surface area contributed by atoms with Crippen LogP contribution >= 0.6 is 0 Å². The lowest BCUT2D eigenvalue weighted by molar-refractivity contribution is 0.255. The van der Waals surface area contributed by atoms with Gasteiger partial charge in [-0.1, -0.05) is 24.3 Å². The summed E-state index contributed by atoms with van der Waals surface area (Å²) in [5.41, 5.74) is 2.61. The Morgan fingerprint density at radius 1 is 1.14 bits per heavy atom. The number of hydrogen-bond acceptors (Lipinski definition) is 2. The fourth-order valence-corrected chi connectivity index (χ4v) is 2.32. The first-order valence-electron chi connectivity index (χ1n) is 7.33. The second-order valence-corrected chi connectivity index (χ2v) is 5.43. The number of benzene rings is 2. The maximum absolute atomic E-state index is 12.7. The number of amides is 2. The van der Waals surface area contributed by atoms with Crippen LogP contribution in [0.15, 0.2) is 48.5 Å². The van der Waals surface area contributed by atoms with Crippen LogP contribution in [0.2, 0.25) is 0 Å². The molecule has 2 amide bonds. The molecule has 0 spiro atoms. The molecule has 4 nitrogen and oxygen atoms in total. The molecule has 2 aromatic carbocycles. The summed E-state index contributed by atoms with van der Waals surface area (Å²) in [5, 5.41) is 2.93. The molecule has 2 aromatic rings. The van der Waals surface area contributed by atoms with E-state index in [-0.39, 0.29) is 12.1 Å². The van der Waals surface area contributed by atoms with Crippen LogP contribution in [0.25, 0.3) is 0 Å². The number of hydrogen-bond donors (Lipinski definition) is 1. The molecule has 116 valence electrons. The number of urea groups is 1. The lowest BCUT2D eigenvalue weighted by atomic mass is 10.2. The normalized spacial score (nSPS) is 10.4. The van der Waals surface area contributed by atoms with Crippen LogP contribution in [0.5, 0.6) is 5.75 Å². The molecule has 0 atom stereocenters. The summed E-state index contributed by atoms with van der Waals surface area (Å²) in [6, 6.07) is 15.2. The zero-order valence-corrected chi connectivity index (χ0v) is 13.5. The van der Waals surface area contributed by atoms with Crippen LogP contribution in [-0.2, 0) is 0 Å². The standard InChI is InChI=1S/C18H22N2O2/c1-13(2)20(15-8-6-5-7-9-15)18(21)19-16-11-10-14(3)12-17(16)22-4/h5-13H,1-4H3,(H,19,21). The Kier molecular flexibility index (Phi) is 5.04. The average molecular weight is 298 g/mol. The Bertz CT molecular complexity index is 639. The number of ether oxygens (including phenoxy) is 1. The molecule has 0 aliphatic carbocycles. The Morgan fingerprint density at radius 3 is 2.41 bits per heavy atom. The third-order valence-corrected chi connectivity index (χ3v) is 3.37.